The first kappa shape index (κ1) is 14.3. The number of carboxylic acids is 2. The average molecular weight is 291 g/mol. The van der Waals surface area contributed by atoms with E-state index in [0.29, 0.717) is 0 Å². The van der Waals surface area contributed by atoms with Gasteiger partial charge in [-0.2, -0.15) is 0 Å². The molecule has 2 aromatic rings. The lowest BCUT2D eigenvalue weighted by Gasteiger charge is -2.09. The highest BCUT2D eigenvalue weighted by Crippen LogP contribution is 2.20. The third kappa shape index (κ3) is 2.59. The Kier molecular flexibility index (Phi) is 3.45. The molecule has 0 aliphatic heterocycles. The molecule has 8 heteroatoms. The Morgan fingerprint density at radius 2 is 1.81 bits per heavy atom. The summed E-state index contributed by atoms with van der Waals surface area (Å²) in [6.07, 6.45) is 0.825. The van der Waals surface area contributed by atoms with Crippen LogP contribution in [-0.4, -0.2) is 31.8 Å². The van der Waals surface area contributed by atoms with E-state index in [1.165, 1.54) is 0 Å². The van der Waals surface area contributed by atoms with Gasteiger partial charge in [-0.05, 0) is 18.2 Å². The van der Waals surface area contributed by atoms with E-state index in [0.717, 1.165) is 29.0 Å². The lowest BCUT2D eigenvalue weighted by atomic mass is 10.1. The number of nitrogens with zero attached hydrogens (tertiary/aromatic N) is 1. The van der Waals surface area contributed by atoms with Gasteiger partial charge in [0.2, 0.25) is 5.43 Å². The van der Waals surface area contributed by atoms with Crippen molar-refractivity contribution in [1.82, 2.24) is 4.57 Å². The molecule has 0 radical (unpaired) electrons. The van der Waals surface area contributed by atoms with Crippen LogP contribution in [0.2, 0.25) is 0 Å². The van der Waals surface area contributed by atoms with Crippen molar-refractivity contribution in [1.29, 1.82) is 0 Å². The molecule has 0 fully saturated rings. The molecule has 1 heterocycles. The maximum Gasteiger partial charge on any atom is 0.341 e. The second-order valence-corrected chi connectivity index (χ2v) is 4.23. The summed E-state index contributed by atoms with van der Waals surface area (Å²) in [5.41, 5.74) is -2.49. The van der Waals surface area contributed by atoms with Crippen molar-refractivity contribution in [3.63, 3.8) is 0 Å². The molecular formula is C13H9NO7. The Morgan fingerprint density at radius 3 is 2.38 bits per heavy atom. The topological polar surface area (TPSA) is 134 Å². The molecule has 0 aliphatic carbocycles. The van der Waals surface area contributed by atoms with E-state index in [4.69, 9.17) is 10.2 Å². The second-order valence-electron chi connectivity index (χ2n) is 4.23. The predicted molar refractivity (Wildman–Crippen MR) is 70.7 cm³/mol. The summed E-state index contributed by atoms with van der Waals surface area (Å²) >= 11 is 0. The molecule has 0 saturated carbocycles. The van der Waals surface area contributed by atoms with Gasteiger partial charge in [-0.1, -0.05) is 0 Å². The highest BCUT2D eigenvalue weighted by molar-refractivity contribution is 5.94. The number of hydrogen-bond acceptors (Lipinski definition) is 5. The molecule has 0 unspecified atom stereocenters. The SMILES string of the molecule is O=C(O)Cn1cc(C(=O)O)c(=O)c2cc(=O)ccc(O)c21. The minimum atomic E-state index is -1.56. The van der Waals surface area contributed by atoms with Crippen molar-refractivity contribution in [2.45, 2.75) is 6.54 Å². The largest absolute Gasteiger partial charge is 0.506 e. The number of aromatic carboxylic acids is 1. The van der Waals surface area contributed by atoms with Gasteiger partial charge in [0.05, 0.1) is 10.9 Å². The molecule has 21 heavy (non-hydrogen) atoms. The van der Waals surface area contributed by atoms with Gasteiger partial charge in [-0.15, -0.1) is 0 Å². The molecule has 0 spiro atoms. The van der Waals surface area contributed by atoms with E-state index >= 15 is 0 Å². The first-order valence-corrected chi connectivity index (χ1v) is 5.67. The van der Waals surface area contributed by atoms with E-state index in [-0.39, 0.29) is 10.9 Å². The zero-order valence-electron chi connectivity index (χ0n) is 10.4. The van der Waals surface area contributed by atoms with Crippen molar-refractivity contribution < 1.29 is 24.9 Å². The van der Waals surface area contributed by atoms with Gasteiger partial charge < -0.3 is 19.9 Å². The lowest BCUT2D eigenvalue weighted by molar-refractivity contribution is -0.137. The Balaban J connectivity index is 3.08. The summed E-state index contributed by atoms with van der Waals surface area (Å²) in [6, 6.07) is 2.87. The predicted octanol–water partition coefficient (Wildman–Crippen LogP) is -0.150. The third-order valence-corrected chi connectivity index (χ3v) is 2.79. The molecule has 1 aromatic carbocycles. The summed E-state index contributed by atoms with van der Waals surface area (Å²) in [7, 11) is 0. The molecule has 0 bridgehead atoms. The molecule has 3 N–H and O–H groups in total. The standard InChI is InChI=1S/C13H9NO7/c15-6-1-2-9(16)11-7(3-6)12(19)8(13(20)21)4-14(11)5-10(17)18/h1-4,16H,5H2,(H,17,18)(H,20,21). The zero-order chi connectivity index (χ0) is 15.7. The quantitative estimate of drug-likeness (QED) is 0.715. The van der Waals surface area contributed by atoms with Crippen LogP contribution in [0.15, 0.2) is 34.0 Å². The molecule has 0 aliphatic rings. The monoisotopic (exact) mass is 291 g/mol. The average Bonchev–Trinajstić information content (AvgIpc) is 2.52. The van der Waals surface area contributed by atoms with E-state index in [1.807, 2.05) is 0 Å². The van der Waals surface area contributed by atoms with Gasteiger partial charge in [-0.3, -0.25) is 14.4 Å². The normalized spacial score (nSPS) is 10.5. The first-order chi connectivity index (χ1) is 9.81. The van der Waals surface area contributed by atoms with E-state index in [2.05, 4.69) is 0 Å². The lowest BCUT2D eigenvalue weighted by Crippen LogP contribution is -2.21. The van der Waals surface area contributed by atoms with Gasteiger partial charge in [0, 0.05) is 6.20 Å². The van der Waals surface area contributed by atoms with Crippen LogP contribution in [0.4, 0.5) is 0 Å². The summed E-state index contributed by atoms with van der Waals surface area (Å²) in [5, 5.41) is 27.3. The maximum atomic E-state index is 12.1. The summed E-state index contributed by atoms with van der Waals surface area (Å²) in [5.74, 6) is -3.36. The second kappa shape index (κ2) is 5.08. The third-order valence-electron chi connectivity index (χ3n) is 2.79. The molecule has 8 nitrogen and oxygen atoms in total. The van der Waals surface area contributed by atoms with Crippen molar-refractivity contribution in [3.05, 3.63) is 50.4 Å². The highest BCUT2D eigenvalue weighted by Gasteiger charge is 2.17. The van der Waals surface area contributed by atoms with E-state index in [9.17, 15) is 24.3 Å². The Hall–Kier alpha value is -3.16. The summed E-state index contributed by atoms with van der Waals surface area (Å²) < 4.78 is 0.900. The van der Waals surface area contributed by atoms with Gasteiger partial charge >= 0.3 is 11.9 Å². The van der Waals surface area contributed by atoms with Crippen LogP contribution >= 0.6 is 0 Å². The van der Waals surface area contributed by atoms with Crippen LogP contribution < -0.4 is 10.9 Å². The fourth-order valence-electron chi connectivity index (χ4n) is 1.96. The maximum absolute atomic E-state index is 12.1. The van der Waals surface area contributed by atoms with Crippen LogP contribution in [-0.2, 0) is 11.3 Å². The number of hydrogen-bond donors (Lipinski definition) is 3. The van der Waals surface area contributed by atoms with Crippen LogP contribution in [0.1, 0.15) is 10.4 Å². The van der Waals surface area contributed by atoms with Crippen LogP contribution in [0.3, 0.4) is 0 Å². The van der Waals surface area contributed by atoms with Crippen LogP contribution in [0.25, 0.3) is 10.9 Å². The summed E-state index contributed by atoms with van der Waals surface area (Å²) in [6.45, 7) is -0.678. The van der Waals surface area contributed by atoms with Crippen molar-refractivity contribution in [3.8, 4) is 5.75 Å². The van der Waals surface area contributed by atoms with Crippen LogP contribution in [0, 0.1) is 0 Å². The number of carbonyl (C=O) groups is 2. The Bertz CT molecular complexity index is 882. The molecule has 2 rings (SSSR count). The number of aliphatic carboxylic acids is 1. The molecule has 108 valence electrons. The van der Waals surface area contributed by atoms with E-state index < -0.39 is 40.7 Å². The first-order valence-electron chi connectivity index (χ1n) is 5.67. The van der Waals surface area contributed by atoms with Crippen LogP contribution in [0.5, 0.6) is 5.75 Å². The van der Waals surface area contributed by atoms with E-state index in [1.54, 1.807) is 0 Å². The smallest absolute Gasteiger partial charge is 0.341 e. The van der Waals surface area contributed by atoms with Crippen molar-refractivity contribution >= 4 is 22.8 Å². The van der Waals surface area contributed by atoms with Crippen molar-refractivity contribution in [2.24, 2.45) is 0 Å². The number of fused-ring (bicyclic) bond motifs is 1. The van der Waals surface area contributed by atoms with Gasteiger partial charge in [0.25, 0.3) is 0 Å². The molecular weight excluding hydrogens is 282 g/mol. The summed E-state index contributed by atoms with van der Waals surface area (Å²) in [4.78, 5) is 45.4. The van der Waals surface area contributed by atoms with Gasteiger partial charge in [0.1, 0.15) is 17.9 Å². The number of carboxylic acid groups (broad SMARTS) is 2. The fourth-order valence-corrected chi connectivity index (χ4v) is 1.96. The van der Waals surface area contributed by atoms with Gasteiger partial charge in [0.15, 0.2) is 5.43 Å². The Labute approximate surface area is 116 Å². The minimum absolute atomic E-state index is 0.213. The number of rotatable bonds is 3. The molecule has 0 amide bonds. The molecule has 0 saturated heterocycles. The number of aromatic hydroxyl groups is 1. The minimum Gasteiger partial charge on any atom is -0.506 e. The zero-order valence-corrected chi connectivity index (χ0v) is 10.4. The fraction of sp³-hybridized carbons (Fsp3) is 0.0769. The molecule has 1 aromatic heterocycles. The van der Waals surface area contributed by atoms with Gasteiger partial charge in [-0.25, -0.2) is 4.79 Å². The number of pyridine rings is 1. The Morgan fingerprint density at radius 1 is 1.14 bits per heavy atom. The number of aromatic nitrogens is 1. The highest BCUT2D eigenvalue weighted by atomic mass is 16.4. The molecule has 0 atom stereocenters. The van der Waals surface area contributed by atoms with Crippen molar-refractivity contribution in [2.75, 3.05) is 0 Å².